The van der Waals surface area contributed by atoms with Crippen molar-refractivity contribution in [2.24, 2.45) is 0 Å². The van der Waals surface area contributed by atoms with E-state index in [0.29, 0.717) is 11.0 Å². The molecule has 2 rings (SSSR count). The van der Waals surface area contributed by atoms with Crippen molar-refractivity contribution in [2.75, 3.05) is 6.61 Å². The Balaban J connectivity index is 2.03. The lowest BCUT2D eigenvalue weighted by Gasteiger charge is -2.04. The van der Waals surface area contributed by atoms with Gasteiger partial charge in [-0.25, -0.2) is 13.8 Å². The lowest BCUT2D eigenvalue weighted by molar-refractivity contribution is 0.282. The van der Waals surface area contributed by atoms with Gasteiger partial charge in [0.05, 0.1) is 17.4 Å². The van der Waals surface area contributed by atoms with Crippen molar-refractivity contribution < 1.29 is 13.9 Å². The molecule has 1 aromatic heterocycles. The quantitative estimate of drug-likeness (QED) is 0.805. The van der Waals surface area contributed by atoms with Gasteiger partial charge >= 0.3 is 0 Å². The van der Waals surface area contributed by atoms with Crippen LogP contribution in [0.3, 0.4) is 0 Å². The van der Waals surface area contributed by atoms with E-state index in [0.717, 1.165) is 38.3 Å². The summed E-state index contributed by atoms with van der Waals surface area (Å²) in [5, 5.41) is 8.66. The molecule has 0 radical (unpaired) electrons. The predicted octanol–water partition coefficient (Wildman–Crippen LogP) is 2.87. The highest BCUT2D eigenvalue weighted by molar-refractivity contribution is 5.75. The highest BCUT2D eigenvalue weighted by Gasteiger charge is 2.08. The Labute approximate surface area is 104 Å². The number of unbranched alkanes of at least 4 members (excludes halogenated alkanes) is 3. The number of rotatable bonds is 6. The van der Waals surface area contributed by atoms with E-state index < -0.39 is 11.6 Å². The van der Waals surface area contributed by atoms with Crippen LogP contribution >= 0.6 is 0 Å². The maximum absolute atomic E-state index is 13.2. The molecule has 0 bridgehead atoms. The summed E-state index contributed by atoms with van der Waals surface area (Å²) in [5.41, 5.74) is 1.10. The number of hydrogen-bond acceptors (Lipinski definition) is 2. The fourth-order valence-electron chi connectivity index (χ4n) is 1.98. The largest absolute Gasteiger partial charge is 0.396 e. The molecule has 5 heteroatoms. The van der Waals surface area contributed by atoms with Crippen LogP contribution in [-0.2, 0) is 6.54 Å². The summed E-state index contributed by atoms with van der Waals surface area (Å²) in [6, 6.07) is 2.30. The van der Waals surface area contributed by atoms with Crippen molar-refractivity contribution in [2.45, 2.75) is 32.2 Å². The topological polar surface area (TPSA) is 38.0 Å². The van der Waals surface area contributed by atoms with Gasteiger partial charge in [-0.2, -0.15) is 0 Å². The molecule has 0 saturated heterocycles. The Morgan fingerprint density at radius 2 is 1.78 bits per heavy atom. The number of benzene rings is 1. The van der Waals surface area contributed by atoms with Gasteiger partial charge in [-0.05, 0) is 12.8 Å². The van der Waals surface area contributed by atoms with Crippen molar-refractivity contribution in [3.05, 3.63) is 30.1 Å². The summed E-state index contributed by atoms with van der Waals surface area (Å²) in [4.78, 5) is 4.05. The number of imidazole rings is 1. The molecule has 1 heterocycles. The first-order valence-electron chi connectivity index (χ1n) is 6.13. The third-order valence-electron chi connectivity index (χ3n) is 2.97. The average Bonchev–Trinajstić information content (AvgIpc) is 2.72. The molecule has 0 aliphatic carbocycles. The Kier molecular flexibility index (Phi) is 4.25. The minimum absolute atomic E-state index is 0.221. The van der Waals surface area contributed by atoms with Gasteiger partial charge < -0.3 is 9.67 Å². The molecule has 0 aliphatic heterocycles. The summed E-state index contributed by atoms with van der Waals surface area (Å²) in [6.07, 6.45) is 5.33. The summed E-state index contributed by atoms with van der Waals surface area (Å²) < 4.78 is 28.0. The number of aliphatic hydroxyl groups is 1. The Bertz CT molecular complexity index is 525. The second kappa shape index (κ2) is 5.91. The number of fused-ring (bicyclic) bond motifs is 1. The van der Waals surface area contributed by atoms with Crippen molar-refractivity contribution in [3.8, 4) is 0 Å². The van der Waals surface area contributed by atoms with Crippen molar-refractivity contribution >= 4 is 11.0 Å². The third kappa shape index (κ3) is 2.85. The van der Waals surface area contributed by atoms with Gasteiger partial charge in [-0.1, -0.05) is 12.8 Å². The maximum atomic E-state index is 13.2. The van der Waals surface area contributed by atoms with Crippen LogP contribution < -0.4 is 0 Å². The van der Waals surface area contributed by atoms with Gasteiger partial charge in [0.2, 0.25) is 0 Å². The molecule has 0 spiro atoms. The predicted molar refractivity (Wildman–Crippen MR) is 65.2 cm³/mol. The first kappa shape index (κ1) is 13.0. The average molecular weight is 254 g/mol. The van der Waals surface area contributed by atoms with Gasteiger partial charge in [0.15, 0.2) is 11.6 Å². The number of nitrogens with zero attached hydrogens (tertiary/aromatic N) is 2. The zero-order chi connectivity index (χ0) is 13.0. The molecule has 0 fully saturated rings. The van der Waals surface area contributed by atoms with Crippen LogP contribution in [0.2, 0.25) is 0 Å². The standard InChI is InChI=1S/C13H16F2N2O/c14-10-7-12-13(8-11(10)15)17(9-16-12)5-3-1-2-4-6-18/h7-9,18H,1-6H2. The normalized spacial score (nSPS) is 11.3. The van der Waals surface area contributed by atoms with Crippen LogP contribution in [0.25, 0.3) is 11.0 Å². The second-order valence-electron chi connectivity index (χ2n) is 4.33. The van der Waals surface area contributed by atoms with Crippen LogP contribution in [0.1, 0.15) is 25.7 Å². The van der Waals surface area contributed by atoms with E-state index in [9.17, 15) is 8.78 Å². The summed E-state index contributed by atoms with van der Waals surface area (Å²) in [6.45, 7) is 0.950. The summed E-state index contributed by atoms with van der Waals surface area (Å²) in [5.74, 6) is -1.71. The van der Waals surface area contributed by atoms with Crippen LogP contribution in [0, 0.1) is 11.6 Å². The smallest absolute Gasteiger partial charge is 0.161 e. The molecule has 0 amide bonds. The lowest BCUT2D eigenvalue weighted by Crippen LogP contribution is -1.97. The minimum Gasteiger partial charge on any atom is -0.396 e. The van der Waals surface area contributed by atoms with E-state index in [1.165, 1.54) is 6.07 Å². The molecule has 1 aromatic carbocycles. The van der Waals surface area contributed by atoms with Crippen LogP contribution in [-0.4, -0.2) is 21.3 Å². The first-order chi connectivity index (χ1) is 8.72. The van der Waals surface area contributed by atoms with Gasteiger partial charge in [0.25, 0.3) is 0 Å². The lowest BCUT2D eigenvalue weighted by atomic mass is 10.2. The van der Waals surface area contributed by atoms with Crippen LogP contribution in [0.4, 0.5) is 8.78 Å². The van der Waals surface area contributed by atoms with Crippen molar-refractivity contribution in [3.63, 3.8) is 0 Å². The number of halogens is 2. The number of aromatic nitrogens is 2. The molecule has 0 saturated carbocycles. The molecular weight excluding hydrogens is 238 g/mol. The fraction of sp³-hybridized carbons (Fsp3) is 0.462. The number of aryl methyl sites for hydroxylation is 1. The monoisotopic (exact) mass is 254 g/mol. The number of aliphatic hydroxyl groups excluding tert-OH is 1. The summed E-state index contributed by atoms with van der Waals surface area (Å²) in [7, 11) is 0. The third-order valence-corrected chi connectivity index (χ3v) is 2.97. The molecule has 0 aliphatic rings. The van der Waals surface area contributed by atoms with E-state index in [1.807, 2.05) is 4.57 Å². The van der Waals surface area contributed by atoms with Crippen molar-refractivity contribution in [1.82, 2.24) is 9.55 Å². The first-order valence-corrected chi connectivity index (χ1v) is 6.13. The van der Waals surface area contributed by atoms with Crippen LogP contribution in [0.15, 0.2) is 18.5 Å². The zero-order valence-corrected chi connectivity index (χ0v) is 10.1. The van der Waals surface area contributed by atoms with E-state index in [4.69, 9.17) is 5.11 Å². The van der Waals surface area contributed by atoms with Gasteiger partial charge in [0.1, 0.15) is 0 Å². The number of hydrogen-bond donors (Lipinski definition) is 1. The molecular formula is C13H16F2N2O. The SMILES string of the molecule is OCCCCCCn1cnc2cc(F)c(F)cc21. The molecule has 3 nitrogen and oxygen atoms in total. The zero-order valence-electron chi connectivity index (χ0n) is 10.1. The fourth-order valence-corrected chi connectivity index (χ4v) is 1.98. The van der Waals surface area contributed by atoms with E-state index in [-0.39, 0.29) is 6.61 Å². The molecule has 1 N–H and O–H groups in total. The van der Waals surface area contributed by atoms with Gasteiger partial charge in [0, 0.05) is 25.3 Å². The maximum Gasteiger partial charge on any atom is 0.161 e. The highest BCUT2D eigenvalue weighted by Crippen LogP contribution is 2.18. The van der Waals surface area contributed by atoms with Crippen molar-refractivity contribution in [1.29, 1.82) is 0 Å². The molecule has 0 atom stereocenters. The second-order valence-corrected chi connectivity index (χ2v) is 4.33. The van der Waals surface area contributed by atoms with E-state index >= 15 is 0 Å². The Hall–Kier alpha value is -1.49. The van der Waals surface area contributed by atoms with Gasteiger partial charge in [-0.3, -0.25) is 0 Å². The Morgan fingerprint density at radius 3 is 2.56 bits per heavy atom. The minimum atomic E-state index is -0.865. The Morgan fingerprint density at radius 1 is 1.06 bits per heavy atom. The molecule has 98 valence electrons. The molecule has 2 aromatic rings. The highest BCUT2D eigenvalue weighted by atomic mass is 19.2. The van der Waals surface area contributed by atoms with E-state index in [1.54, 1.807) is 6.33 Å². The molecule has 18 heavy (non-hydrogen) atoms. The van der Waals surface area contributed by atoms with Gasteiger partial charge in [-0.15, -0.1) is 0 Å². The summed E-state index contributed by atoms with van der Waals surface area (Å²) >= 11 is 0. The van der Waals surface area contributed by atoms with E-state index in [2.05, 4.69) is 4.98 Å². The van der Waals surface area contributed by atoms with Crippen LogP contribution in [0.5, 0.6) is 0 Å². The molecule has 0 unspecified atom stereocenters.